The maximum atomic E-state index is 11.1. The fourth-order valence-electron chi connectivity index (χ4n) is 2.15. The Morgan fingerprint density at radius 2 is 1.74 bits per heavy atom. The van der Waals surface area contributed by atoms with Crippen molar-refractivity contribution < 1.29 is 4.79 Å². The number of aromatic nitrogens is 2. The number of benzene rings is 2. The number of rotatable bonds is 4. The van der Waals surface area contributed by atoms with Crippen LogP contribution in [0.15, 0.2) is 60.8 Å². The number of carbonyl (C=O) groups excluding carboxylic acids is 1. The van der Waals surface area contributed by atoms with E-state index >= 15 is 0 Å². The van der Waals surface area contributed by atoms with E-state index in [0.29, 0.717) is 11.4 Å². The van der Waals surface area contributed by atoms with E-state index in [4.69, 9.17) is 5.73 Å². The van der Waals surface area contributed by atoms with E-state index in [9.17, 15) is 4.79 Å². The SMILES string of the molecule is Cc1cnc(-c2ccc(C(N)=O)cc2)nc1Nc1ccccc1. The monoisotopic (exact) mass is 304 g/mol. The minimum atomic E-state index is -0.451. The summed E-state index contributed by atoms with van der Waals surface area (Å²) in [4.78, 5) is 20.1. The summed E-state index contributed by atoms with van der Waals surface area (Å²) in [5.74, 6) is 0.887. The predicted molar refractivity (Wildman–Crippen MR) is 90.4 cm³/mol. The molecular weight excluding hydrogens is 288 g/mol. The van der Waals surface area contributed by atoms with Crippen LogP contribution >= 0.6 is 0 Å². The molecule has 0 unspecified atom stereocenters. The summed E-state index contributed by atoms with van der Waals surface area (Å²) in [5, 5.41) is 3.29. The third-order valence-corrected chi connectivity index (χ3v) is 3.44. The normalized spacial score (nSPS) is 10.3. The second-order valence-electron chi connectivity index (χ2n) is 5.16. The van der Waals surface area contributed by atoms with Gasteiger partial charge in [-0.15, -0.1) is 0 Å². The highest BCUT2D eigenvalue weighted by Crippen LogP contribution is 2.22. The van der Waals surface area contributed by atoms with Crippen molar-refractivity contribution in [2.75, 3.05) is 5.32 Å². The van der Waals surface area contributed by atoms with Gasteiger partial charge >= 0.3 is 0 Å². The molecule has 0 radical (unpaired) electrons. The van der Waals surface area contributed by atoms with Crippen molar-refractivity contribution in [3.05, 3.63) is 71.9 Å². The molecule has 0 saturated heterocycles. The van der Waals surface area contributed by atoms with Gasteiger partial charge in [0.15, 0.2) is 5.82 Å². The lowest BCUT2D eigenvalue weighted by Crippen LogP contribution is -2.10. The standard InChI is InChI=1S/C18H16N4O/c1-12-11-20-18(14-9-7-13(8-10-14)16(19)23)22-17(12)21-15-5-3-2-4-6-15/h2-11H,1H3,(H2,19,23)(H,20,21,22). The largest absolute Gasteiger partial charge is 0.366 e. The van der Waals surface area contributed by atoms with Crippen LogP contribution in [0, 0.1) is 6.92 Å². The molecule has 0 aliphatic carbocycles. The number of carbonyl (C=O) groups is 1. The van der Waals surface area contributed by atoms with E-state index in [0.717, 1.165) is 22.6 Å². The number of nitrogens with one attached hydrogen (secondary N) is 1. The summed E-state index contributed by atoms with van der Waals surface area (Å²) >= 11 is 0. The molecule has 3 N–H and O–H groups in total. The van der Waals surface area contributed by atoms with Gasteiger partial charge < -0.3 is 11.1 Å². The molecular formula is C18H16N4O. The number of aryl methyl sites for hydroxylation is 1. The van der Waals surface area contributed by atoms with Crippen LogP contribution in [0.5, 0.6) is 0 Å². The van der Waals surface area contributed by atoms with Crippen LogP contribution in [0.2, 0.25) is 0 Å². The fourth-order valence-corrected chi connectivity index (χ4v) is 2.15. The molecule has 0 bridgehead atoms. The Morgan fingerprint density at radius 1 is 1.04 bits per heavy atom. The van der Waals surface area contributed by atoms with Gasteiger partial charge in [0, 0.05) is 28.6 Å². The molecule has 0 saturated carbocycles. The highest BCUT2D eigenvalue weighted by atomic mass is 16.1. The van der Waals surface area contributed by atoms with Crippen LogP contribution in [-0.2, 0) is 0 Å². The van der Waals surface area contributed by atoms with Crippen LogP contribution < -0.4 is 11.1 Å². The number of para-hydroxylation sites is 1. The van der Waals surface area contributed by atoms with Crippen molar-refractivity contribution in [1.29, 1.82) is 0 Å². The fraction of sp³-hybridized carbons (Fsp3) is 0.0556. The lowest BCUT2D eigenvalue weighted by molar-refractivity contribution is 0.100. The maximum absolute atomic E-state index is 11.1. The van der Waals surface area contributed by atoms with Gasteiger partial charge in [-0.2, -0.15) is 0 Å². The number of nitrogens with two attached hydrogens (primary N) is 1. The third-order valence-electron chi connectivity index (χ3n) is 3.44. The average molecular weight is 304 g/mol. The van der Waals surface area contributed by atoms with Gasteiger partial charge in [0.25, 0.3) is 0 Å². The zero-order valence-electron chi connectivity index (χ0n) is 12.7. The first kappa shape index (κ1) is 14.7. The number of hydrogen-bond acceptors (Lipinski definition) is 4. The Hall–Kier alpha value is -3.21. The third kappa shape index (κ3) is 3.35. The van der Waals surface area contributed by atoms with Crippen molar-refractivity contribution in [2.45, 2.75) is 6.92 Å². The smallest absolute Gasteiger partial charge is 0.248 e. The van der Waals surface area contributed by atoms with Gasteiger partial charge in [-0.1, -0.05) is 30.3 Å². The average Bonchev–Trinajstić information content (AvgIpc) is 2.58. The van der Waals surface area contributed by atoms with Gasteiger partial charge in [-0.05, 0) is 31.2 Å². The second-order valence-corrected chi connectivity index (χ2v) is 5.16. The molecule has 2 aromatic carbocycles. The van der Waals surface area contributed by atoms with Crippen molar-refractivity contribution in [2.24, 2.45) is 5.73 Å². The van der Waals surface area contributed by atoms with Gasteiger partial charge in [-0.25, -0.2) is 9.97 Å². The van der Waals surface area contributed by atoms with Crippen molar-refractivity contribution in [3.8, 4) is 11.4 Å². The molecule has 5 heteroatoms. The molecule has 0 aliphatic heterocycles. The van der Waals surface area contributed by atoms with Crippen LogP contribution in [0.1, 0.15) is 15.9 Å². The molecule has 1 amide bonds. The first-order valence-corrected chi connectivity index (χ1v) is 7.19. The van der Waals surface area contributed by atoms with E-state index < -0.39 is 5.91 Å². The van der Waals surface area contributed by atoms with Crippen molar-refractivity contribution in [3.63, 3.8) is 0 Å². The molecule has 0 aliphatic rings. The summed E-state index contributed by atoms with van der Waals surface area (Å²) in [6.07, 6.45) is 1.77. The highest BCUT2D eigenvalue weighted by molar-refractivity contribution is 5.93. The van der Waals surface area contributed by atoms with Crippen molar-refractivity contribution in [1.82, 2.24) is 9.97 Å². The van der Waals surface area contributed by atoms with Crippen LogP contribution in [0.4, 0.5) is 11.5 Å². The first-order valence-electron chi connectivity index (χ1n) is 7.19. The van der Waals surface area contributed by atoms with E-state index in [2.05, 4.69) is 15.3 Å². The zero-order chi connectivity index (χ0) is 16.2. The Morgan fingerprint density at radius 3 is 2.39 bits per heavy atom. The second kappa shape index (κ2) is 6.27. The molecule has 1 aromatic heterocycles. The van der Waals surface area contributed by atoms with E-state index in [1.165, 1.54) is 0 Å². The maximum Gasteiger partial charge on any atom is 0.248 e. The Labute approximate surface area is 134 Å². The highest BCUT2D eigenvalue weighted by Gasteiger charge is 2.07. The van der Waals surface area contributed by atoms with Crippen LogP contribution in [-0.4, -0.2) is 15.9 Å². The number of amides is 1. The molecule has 1 heterocycles. The van der Waals surface area contributed by atoms with Crippen LogP contribution in [0.25, 0.3) is 11.4 Å². The topological polar surface area (TPSA) is 80.9 Å². The summed E-state index contributed by atoms with van der Waals surface area (Å²) in [7, 11) is 0. The number of hydrogen-bond donors (Lipinski definition) is 2. The lowest BCUT2D eigenvalue weighted by atomic mass is 10.1. The van der Waals surface area contributed by atoms with Gasteiger partial charge in [0.05, 0.1) is 0 Å². The summed E-state index contributed by atoms with van der Waals surface area (Å²) < 4.78 is 0. The molecule has 23 heavy (non-hydrogen) atoms. The van der Waals surface area contributed by atoms with Crippen LogP contribution in [0.3, 0.4) is 0 Å². The molecule has 0 atom stereocenters. The zero-order valence-corrected chi connectivity index (χ0v) is 12.7. The molecule has 3 rings (SSSR count). The Bertz CT molecular complexity index is 829. The lowest BCUT2D eigenvalue weighted by Gasteiger charge is -2.10. The minimum Gasteiger partial charge on any atom is -0.366 e. The predicted octanol–water partition coefficient (Wildman–Crippen LogP) is 3.29. The molecule has 0 spiro atoms. The minimum absolute atomic E-state index is 0.451. The summed E-state index contributed by atoms with van der Waals surface area (Å²) in [6, 6.07) is 16.8. The first-order chi connectivity index (χ1) is 11.1. The molecule has 5 nitrogen and oxygen atoms in total. The van der Waals surface area contributed by atoms with Gasteiger partial charge in [-0.3, -0.25) is 4.79 Å². The number of primary amides is 1. The van der Waals surface area contributed by atoms with Crippen molar-refractivity contribution >= 4 is 17.4 Å². The molecule has 114 valence electrons. The van der Waals surface area contributed by atoms with Gasteiger partial charge in [0.2, 0.25) is 5.91 Å². The van der Waals surface area contributed by atoms with E-state index in [1.807, 2.05) is 37.3 Å². The van der Waals surface area contributed by atoms with E-state index in [1.54, 1.807) is 30.5 Å². The Kier molecular flexibility index (Phi) is 4.01. The summed E-state index contributed by atoms with van der Waals surface area (Å²) in [5.41, 5.74) is 8.45. The Balaban J connectivity index is 1.92. The summed E-state index contributed by atoms with van der Waals surface area (Å²) in [6.45, 7) is 1.95. The molecule has 3 aromatic rings. The number of anilines is 2. The number of nitrogens with zero attached hydrogens (tertiary/aromatic N) is 2. The van der Waals surface area contributed by atoms with E-state index in [-0.39, 0.29) is 0 Å². The molecule has 0 fully saturated rings. The quantitative estimate of drug-likeness (QED) is 0.775. The van der Waals surface area contributed by atoms with Gasteiger partial charge in [0.1, 0.15) is 5.82 Å².